The summed E-state index contributed by atoms with van der Waals surface area (Å²) >= 11 is 0. The lowest BCUT2D eigenvalue weighted by Crippen LogP contribution is -2.27. The normalized spacial score (nSPS) is 11.3. The zero-order chi connectivity index (χ0) is 15.7. The van der Waals surface area contributed by atoms with Crippen molar-refractivity contribution in [3.8, 4) is 0 Å². The predicted molar refractivity (Wildman–Crippen MR) is 82.0 cm³/mol. The maximum absolute atomic E-state index is 12.1. The molecule has 0 aliphatic rings. The lowest BCUT2D eigenvalue weighted by atomic mass is 10.2. The molecule has 0 bridgehead atoms. The number of rotatable bonds is 9. The Bertz CT molecular complexity index is 537. The van der Waals surface area contributed by atoms with Gasteiger partial charge < -0.3 is 10.1 Å². The molecule has 6 heteroatoms. The Morgan fingerprint density at radius 1 is 1.24 bits per heavy atom. The number of carbonyl (C=O) groups is 1. The Hall–Kier alpha value is -1.40. The van der Waals surface area contributed by atoms with E-state index in [1.807, 2.05) is 13.8 Å². The average Bonchev–Trinajstić information content (AvgIpc) is 2.45. The Kier molecular flexibility index (Phi) is 7.39. The minimum Gasteiger partial charge on any atom is -0.382 e. The molecule has 1 aromatic rings. The van der Waals surface area contributed by atoms with E-state index >= 15 is 0 Å². The molecule has 1 rings (SSSR count). The first kappa shape index (κ1) is 17.7. The minimum absolute atomic E-state index is 0.0230. The Morgan fingerprint density at radius 2 is 1.90 bits per heavy atom. The number of nitrogens with one attached hydrogen (secondary N) is 1. The van der Waals surface area contributed by atoms with Crippen LogP contribution in [0.4, 0.5) is 0 Å². The van der Waals surface area contributed by atoms with Crippen LogP contribution in [0.1, 0.15) is 25.3 Å². The fourth-order valence-electron chi connectivity index (χ4n) is 1.73. The van der Waals surface area contributed by atoms with E-state index in [2.05, 4.69) is 5.32 Å². The number of sulfone groups is 1. The monoisotopic (exact) mass is 313 g/mol. The summed E-state index contributed by atoms with van der Waals surface area (Å²) in [5.74, 6) is -0.421. The van der Waals surface area contributed by atoms with Crippen LogP contribution >= 0.6 is 0 Å². The van der Waals surface area contributed by atoms with E-state index in [-0.39, 0.29) is 23.0 Å². The molecule has 0 saturated heterocycles. The van der Waals surface area contributed by atoms with Gasteiger partial charge in [-0.3, -0.25) is 4.79 Å². The number of ether oxygens (including phenoxy) is 1. The van der Waals surface area contributed by atoms with Gasteiger partial charge in [0.05, 0.1) is 10.6 Å². The predicted octanol–water partition coefficient (Wildman–Crippen LogP) is 1.70. The zero-order valence-electron chi connectivity index (χ0n) is 12.6. The van der Waals surface area contributed by atoms with Crippen LogP contribution in [0.5, 0.6) is 0 Å². The van der Waals surface area contributed by atoms with Gasteiger partial charge in [-0.2, -0.15) is 0 Å². The number of hydrogen-bond acceptors (Lipinski definition) is 4. The van der Waals surface area contributed by atoms with Gasteiger partial charge >= 0.3 is 0 Å². The maximum atomic E-state index is 12.1. The molecule has 0 radical (unpaired) electrons. The molecule has 1 amide bonds. The van der Waals surface area contributed by atoms with E-state index in [1.54, 1.807) is 24.3 Å². The summed E-state index contributed by atoms with van der Waals surface area (Å²) in [6.45, 7) is 5.56. The molecule has 0 atom stereocenters. The highest BCUT2D eigenvalue weighted by atomic mass is 32.2. The number of carbonyl (C=O) groups excluding carboxylic acids is 1. The summed E-state index contributed by atoms with van der Waals surface area (Å²) in [6.07, 6.45) is 0.704. The highest BCUT2D eigenvalue weighted by Crippen LogP contribution is 2.12. The third-order valence-corrected chi connectivity index (χ3v) is 4.70. The smallest absolute Gasteiger partial charge is 0.221 e. The molecule has 1 N–H and O–H groups in total. The first-order chi connectivity index (χ1) is 9.95. The molecule has 0 fully saturated rings. The van der Waals surface area contributed by atoms with Gasteiger partial charge in [0.2, 0.25) is 5.91 Å². The van der Waals surface area contributed by atoms with Gasteiger partial charge in [0.25, 0.3) is 0 Å². The molecule has 21 heavy (non-hydrogen) atoms. The van der Waals surface area contributed by atoms with Crippen molar-refractivity contribution in [1.29, 1.82) is 0 Å². The molecule has 0 unspecified atom stereocenters. The molecule has 0 spiro atoms. The highest BCUT2D eigenvalue weighted by molar-refractivity contribution is 7.91. The van der Waals surface area contributed by atoms with Gasteiger partial charge in [-0.15, -0.1) is 0 Å². The van der Waals surface area contributed by atoms with Gasteiger partial charge in [-0.25, -0.2) is 8.42 Å². The second-order valence-corrected chi connectivity index (χ2v) is 6.89. The van der Waals surface area contributed by atoms with Crippen molar-refractivity contribution in [3.63, 3.8) is 0 Å². The summed E-state index contributed by atoms with van der Waals surface area (Å²) < 4.78 is 29.3. The van der Waals surface area contributed by atoms with Crippen LogP contribution in [0.3, 0.4) is 0 Å². The largest absolute Gasteiger partial charge is 0.382 e. The van der Waals surface area contributed by atoms with Crippen LogP contribution in [0.2, 0.25) is 0 Å². The molecule has 0 aromatic heterocycles. The molecule has 5 nitrogen and oxygen atoms in total. The molecule has 0 heterocycles. The topological polar surface area (TPSA) is 72.5 Å². The summed E-state index contributed by atoms with van der Waals surface area (Å²) in [4.78, 5) is 11.9. The van der Waals surface area contributed by atoms with Crippen LogP contribution in [0.25, 0.3) is 0 Å². The van der Waals surface area contributed by atoms with E-state index < -0.39 is 9.84 Å². The minimum atomic E-state index is -3.40. The second kappa shape index (κ2) is 8.79. The molecule has 118 valence electrons. The summed E-state index contributed by atoms with van der Waals surface area (Å²) in [5, 5.41) is 2.69. The van der Waals surface area contributed by atoms with E-state index in [0.717, 1.165) is 12.0 Å². The molecule has 0 saturated carbocycles. The first-order valence-corrected chi connectivity index (χ1v) is 8.75. The van der Waals surface area contributed by atoms with E-state index in [0.29, 0.717) is 19.8 Å². The van der Waals surface area contributed by atoms with Gasteiger partial charge in [-0.05, 0) is 32.4 Å². The van der Waals surface area contributed by atoms with Gasteiger partial charge in [0, 0.05) is 26.2 Å². The quantitative estimate of drug-likeness (QED) is 0.704. The fraction of sp³-hybridized carbons (Fsp3) is 0.533. The summed E-state index contributed by atoms with van der Waals surface area (Å²) in [5.41, 5.74) is 1.00. The van der Waals surface area contributed by atoms with Crippen LogP contribution in [0, 0.1) is 6.92 Å². The van der Waals surface area contributed by atoms with Gasteiger partial charge in [0.15, 0.2) is 9.84 Å². The number of aryl methyl sites for hydroxylation is 1. The third-order valence-electron chi connectivity index (χ3n) is 2.97. The molecular formula is C15H23NO4S. The average molecular weight is 313 g/mol. The van der Waals surface area contributed by atoms with Crippen molar-refractivity contribution in [2.75, 3.05) is 25.5 Å². The van der Waals surface area contributed by atoms with E-state index in [4.69, 9.17) is 4.74 Å². The molecule has 1 aromatic carbocycles. The Balaban J connectivity index is 2.36. The Morgan fingerprint density at radius 3 is 2.52 bits per heavy atom. The van der Waals surface area contributed by atoms with Crippen LogP contribution < -0.4 is 5.32 Å². The lowest BCUT2D eigenvalue weighted by Gasteiger charge is -2.07. The Labute approximate surface area is 126 Å². The fourth-order valence-corrected chi connectivity index (χ4v) is 2.97. The molecule has 0 aliphatic heterocycles. The van der Waals surface area contributed by atoms with Gasteiger partial charge in [-0.1, -0.05) is 17.7 Å². The third kappa shape index (κ3) is 6.73. The van der Waals surface area contributed by atoms with Crippen molar-refractivity contribution >= 4 is 15.7 Å². The van der Waals surface area contributed by atoms with E-state index in [1.165, 1.54) is 0 Å². The van der Waals surface area contributed by atoms with Crippen molar-refractivity contribution in [3.05, 3.63) is 29.8 Å². The first-order valence-electron chi connectivity index (χ1n) is 7.09. The second-order valence-electron chi connectivity index (χ2n) is 4.78. The van der Waals surface area contributed by atoms with E-state index in [9.17, 15) is 13.2 Å². The lowest BCUT2D eigenvalue weighted by molar-refractivity contribution is -0.120. The van der Waals surface area contributed by atoms with Crippen molar-refractivity contribution < 1.29 is 17.9 Å². The van der Waals surface area contributed by atoms with Crippen LogP contribution in [-0.4, -0.2) is 39.8 Å². The van der Waals surface area contributed by atoms with Crippen LogP contribution in [-0.2, 0) is 19.4 Å². The summed E-state index contributed by atoms with van der Waals surface area (Å²) in [6, 6.07) is 6.65. The number of benzene rings is 1. The maximum Gasteiger partial charge on any atom is 0.221 e. The highest BCUT2D eigenvalue weighted by Gasteiger charge is 2.16. The van der Waals surface area contributed by atoms with Crippen LogP contribution in [0.15, 0.2) is 29.2 Å². The number of amides is 1. The van der Waals surface area contributed by atoms with Crippen molar-refractivity contribution in [1.82, 2.24) is 5.32 Å². The summed E-state index contributed by atoms with van der Waals surface area (Å²) in [7, 11) is -3.40. The number of hydrogen-bond donors (Lipinski definition) is 1. The zero-order valence-corrected chi connectivity index (χ0v) is 13.4. The van der Waals surface area contributed by atoms with Crippen molar-refractivity contribution in [2.24, 2.45) is 0 Å². The SMILES string of the molecule is CCOCCCNC(=O)CCS(=O)(=O)c1ccc(C)cc1. The standard InChI is InChI=1S/C15H23NO4S/c1-3-20-11-4-10-16-15(17)9-12-21(18,19)14-7-5-13(2)6-8-14/h5-8H,3-4,9-12H2,1-2H3,(H,16,17). The molecular weight excluding hydrogens is 290 g/mol. The molecule has 0 aliphatic carbocycles. The van der Waals surface area contributed by atoms with Gasteiger partial charge in [0.1, 0.15) is 0 Å². The van der Waals surface area contributed by atoms with Crippen molar-refractivity contribution in [2.45, 2.75) is 31.6 Å².